The predicted octanol–water partition coefficient (Wildman–Crippen LogP) is 5.53. The molecule has 0 bridgehead atoms. The maximum Gasteiger partial charge on any atom is 0.249 e. The van der Waals surface area contributed by atoms with E-state index < -0.39 is 5.60 Å². The molecule has 2 heterocycles. The Morgan fingerprint density at radius 1 is 0.947 bits per heavy atom. The van der Waals surface area contributed by atoms with E-state index in [9.17, 15) is 9.90 Å². The molecule has 1 aromatic rings. The lowest BCUT2D eigenvalue weighted by molar-refractivity contribution is -0.127. The van der Waals surface area contributed by atoms with Gasteiger partial charge in [0.05, 0.1) is 5.60 Å². The number of piperidine rings is 1. The van der Waals surface area contributed by atoms with E-state index in [4.69, 9.17) is 5.73 Å². The molecule has 1 aliphatic carbocycles. The summed E-state index contributed by atoms with van der Waals surface area (Å²) in [4.78, 5) is 13.7. The molecule has 4 rings (SSSR count). The summed E-state index contributed by atoms with van der Waals surface area (Å²) >= 11 is 0. The summed E-state index contributed by atoms with van der Waals surface area (Å²) in [6, 6.07) is 10.5. The number of rotatable bonds is 3. The summed E-state index contributed by atoms with van der Waals surface area (Å²) < 4.78 is 0. The van der Waals surface area contributed by atoms with Gasteiger partial charge >= 0.3 is 0 Å². The SMILES string of the molecule is C/C=C\C=C(/C)C(=O)N1CCNCC1.CC.CC.NC1CCCCC1.OC1(c2ccccc2)CCNCC1. The van der Waals surface area contributed by atoms with Crippen molar-refractivity contribution in [3.05, 3.63) is 59.7 Å². The van der Waals surface area contributed by atoms with Crippen LogP contribution in [0.4, 0.5) is 0 Å². The molecule has 218 valence electrons. The quantitative estimate of drug-likeness (QED) is 0.305. The van der Waals surface area contributed by atoms with Crippen LogP contribution in [0.1, 0.15) is 92.1 Å². The Morgan fingerprint density at radius 3 is 1.95 bits per heavy atom. The number of piperazine rings is 1. The minimum Gasteiger partial charge on any atom is -0.385 e. The van der Waals surface area contributed by atoms with Gasteiger partial charge in [-0.15, -0.1) is 0 Å². The number of carbonyl (C=O) groups is 1. The van der Waals surface area contributed by atoms with Gasteiger partial charge in [-0.3, -0.25) is 4.79 Å². The molecule has 0 radical (unpaired) electrons. The second-order valence-corrected chi connectivity index (χ2v) is 9.46. The first-order valence-electron chi connectivity index (χ1n) is 15.0. The van der Waals surface area contributed by atoms with Crippen LogP contribution >= 0.6 is 0 Å². The summed E-state index contributed by atoms with van der Waals surface area (Å²) in [7, 11) is 0. The molecule has 0 spiro atoms. The third-order valence-corrected chi connectivity index (χ3v) is 6.67. The van der Waals surface area contributed by atoms with Gasteiger partial charge in [0.15, 0.2) is 0 Å². The van der Waals surface area contributed by atoms with Crippen molar-refractivity contribution in [3.63, 3.8) is 0 Å². The third kappa shape index (κ3) is 14.8. The monoisotopic (exact) mass is 530 g/mol. The number of aliphatic hydroxyl groups is 1. The average Bonchev–Trinajstić information content (AvgIpc) is 3.00. The van der Waals surface area contributed by atoms with Crippen LogP contribution < -0.4 is 16.4 Å². The number of allylic oxidation sites excluding steroid dienone is 3. The molecule has 3 aliphatic rings. The summed E-state index contributed by atoms with van der Waals surface area (Å²) in [6.45, 7) is 17.1. The molecule has 3 fully saturated rings. The molecule has 0 aromatic heterocycles. The zero-order chi connectivity index (χ0) is 28.7. The first-order valence-corrected chi connectivity index (χ1v) is 15.0. The fraction of sp³-hybridized carbons (Fsp3) is 0.656. The fourth-order valence-corrected chi connectivity index (χ4v) is 4.44. The second-order valence-electron chi connectivity index (χ2n) is 9.46. The highest BCUT2D eigenvalue weighted by Crippen LogP contribution is 2.29. The number of hydrogen-bond donors (Lipinski definition) is 4. The van der Waals surface area contributed by atoms with Crippen molar-refractivity contribution in [2.75, 3.05) is 39.3 Å². The Morgan fingerprint density at radius 2 is 1.47 bits per heavy atom. The number of amides is 1. The van der Waals surface area contributed by atoms with Gasteiger partial charge in [-0.25, -0.2) is 0 Å². The van der Waals surface area contributed by atoms with Crippen LogP contribution in [-0.2, 0) is 10.4 Å². The van der Waals surface area contributed by atoms with Crippen LogP contribution in [0.3, 0.4) is 0 Å². The van der Waals surface area contributed by atoms with Gasteiger partial charge in [0.2, 0.25) is 5.91 Å². The largest absolute Gasteiger partial charge is 0.385 e. The smallest absolute Gasteiger partial charge is 0.249 e. The van der Waals surface area contributed by atoms with E-state index in [1.54, 1.807) is 0 Å². The van der Waals surface area contributed by atoms with E-state index in [1.165, 1.54) is 32.1 Å². The molecule has 2 aliphatic heterocycles. The predicted molar refractivity (Wildman–Crippen MR) is 164 cm³/mol. The molecule has 0 atom stereocenters. The molecule has 1 saturated carbocycles. The summed E-state index contributed by atoms with van der Waals surface area (Å²) in [5.41, 5.74) is 6.91. The number of hydrogen-bond acceptors (Lipinski definition) is 5. The molecule has 6 heteroatoms. The van der Waals surface area contributed by atoms with E-state index in [2.05, 4.69) is 10.6 Å². The first-order chi connectivity index (χ1) is 18.5. The highest BCUT2D eigenvalue weighted by atomic mass is 16.3. The zero-order valence-corrected chi connectivity index (χ0v) is 25.3. The number of benzene rings is 1. The molecular weight excluding hydrogens is 472 g/mol. The summed E-state index contributed by atoms with van der Waals surface area (Å²) in [5.74, 6) is 0.157. The maximum absolute atomic E-state index is 11.8. The second kappa shape index (κ2) is 22.9. The third-order valence-electron chi connectivity index (χ3n) is 6.67. The zero-order valence-electron chi connectivity index (χ0n) is 25.3. The Hall–Kier alpha value is -1.99. The molecule has 5 N–H and O–H groups in total. The van der Waals surface area contributed by atoms with Crippen LogP contribution in [0.25, 0.3) is 0 Å². The van der Waals surface area contributed by atoms with Gasteiger partial charge < -0.3 is 26.4 Å². The van der Waals surface area contributed by atoms with Gasteiger partial charge in [0, 0.05) is 37.8 Å². The lowest BCUT2D eigenvalue weighted by Gasteiger charge is -2.32. The first kappa shape index (κ1) is 36.0. The summed E-state index contributed by atoms with van der Waals surface area (Å²) in [6.07, 6.45) is 14.0. The highest BCUT2D eigenvalue weighted by molar-refractivity contribution is 5.93. The molecule has 1 amide bonds. The Labute approximate surface area is 234 Å². The highest BCUT2D eigenvalue weighted by Gasteiger charge is 2.30. The van der Waals surface area contributed by atoms with Crippen LogP contribution in [-0.4, -0.2) is 61.2 Å². The number of carbonyl (C=O) groups excluding carboxylic acids is 1. The fourth-order valence-electron chi connectivity index (χ4n) is 4.44. The molecule has 38 heavy (non-hydrogen) atoms. The van der Waals surface area contributed by atoms with Gasteiger partial charge in [-0.2, -0.15) is 0 Å². The molecule has 1 aromatic carbocycles. The number of nitrogens with two attached hydrogens (primary N) is 1. The molecule has 0 unspecified atom stereocenters. The molecular formula is C32H58N4O2. The Bertz CT molecular complexity index is 746. The number of nitrogens with one attached hydrogen (secondary N) is 2. The Kier molecular flexibility index (Phi) is 21.7. The maximum atomic E-state index is 11.8. The van der Waals surface area contributed by atoms with Crippen molar-refractivity contribution in [3.8, 4) is 0 Å². The van der Waals surface area contributed by atoms with Crippen LogP contribution in [0, 0.1) is 0 Å². The Balaban J connectivity index is 0.000000527. The van der Waals surface area contributed by atoms with Crippen LogP contribution in [0.5, 0.6) is 0 Å². The van der Waals surface area contributed by atoms with E-state index >= 15 is 0 Å². The summed E-state index contributed by atoms with van der Waals surface area (Å²) in [5, 5.41) is 16.8. The van der Waals surface area contributed by atoms with Gasteiger partial charge in [0.1, 0.15) is 0 Å². The lowest BCUT2D eigenvalue weighted by Crippen LogP contribution is -2.46. The van der Waals surface area contributed by atoms with Gasteiger partial charge in [-0.05, 0) is 58.2 Å². The van der Waals surface area contributed by atoms with Crippen molar-refractivity contribution in [1.29, 1.82) is 0 Å². The van der Waals surface area contributed by atoms with Crippen molar-refractivity contribution >= 4 is 5.91 Å². The lowest BCUT2D eigenvalue weighted by atomic mass is 9.85. The molecule has 2 saturated heterocycles. The average molecular weight is 531 g/mol. The van der Waals surface area contributed by atoms with Gasteiger partial charge in [-0.1, -0.05) is 95.5 Å². The molecule has 6 nitrogen and oxygen atoms in total. The van der Waals surface area contributed by atoms with E-state index in [-0.39, 0.29) is 5.91 Å². The van der Waals surface area contributed by atoms with E-state index in [1.807, 2.05) is 95.0 Å². The van der Waals surface area contributed by atoms with Crippen molar-refractivity contribution in [1.82, 2.24) is 15.5 Å². The van der Waals surface area contributed by atoms with Gasteiger partial charge in [0.25, 0.3) is 0 Å². The van der Waals surface area contributed by atoms with Crippen LogP contribution in [0.15, 0.2) is 54.1 Å². The van der Waals surface area contributed by atoms with Crippen molar-refractivity contribution in [2.24, 2.45) is 5.73 Å². The van der Waals surface area contributed by atoms with Crippen molar-refractivity contribution in [2.45, 2.75) is 98.1 Å². The van der Waals surface area contributed by atoms with E-state index in [0.29, 0.717) is 6.04 Å². The van der Waals surface area contributed by atoms with Crippen molar-refractivity contribution < 1.29 is 9.90 Å². The normalized spacial score (nSPS) is 19.3. The number of nitrogens with zero attached hydrogens (tertiary/aromatic N) is 1. The minimum absolute atomic E-state index is 0.157. The minimum atomic E-state index is -0.591. The van der Waals surface area contributed by atoms with Crippen LogP contribution in [0.2, 0.25) is 0 Å². The topological polar surface area (TPSA) is 90.6 Å². The van der Waals surface area contributed by atoms with E-state index in [0.717, 1.165) is 63.2 Å². The standard InChI is InChI=1S/C11H18N2O.C11H15NO.C6H13N.2C2H6/c1-3-4-5-10(2)11(14)13-8-6-12-7-9-13;13-11(6-8-12-9-7-11)10-4-2-1-3-5-10;7-6-4-2-1-3-5-6;2*1-2/h3-5,12H,6-9H2,1-2H3;1-5,12-13H,6-9H2;6H,1-5,7H2;2*1-2H3/b4-3-,10-5+;;;;.